The minimum Gasteiger partial charge on any atom is -0.493 e. The normalized spacial score (nSPS) is 11.8. The Morgan fingerprint density at radius 2 is 1.59 bits per heavy atom. The monoisotopic (exact) mass is 480 g/mol. The lowest BCUT2D eigenvalue weighted by Crippen LogP contribution is -2.36. The number of nitrogens with one attached hydrogen (secondary N) is 2. The maximum atomic E-state index is 12.7. The summed E-state index contributed by atoms with van der Waals surface area (Å²) in [6.07, 6.45) is -3.10. The summed E-state index contributed by atoms with van der Waals surface area (Å²) >= 11 is 0. The predicted molar refractivity (Wildman–Crippen MR) is 120 cm³/mol. The van der Waals surface area contributed by atoms with Crippen LogP contribution < -0.4 is 20.1 Å². The third kappa shape index (κ3) is 9.53. The number of aliphatic hydroxyl groups excluding tert-OH is 1. The van der Waals surface area contributed by atoms with Gasteiger partial charge in [0.15, 0.2) is 6.61 Å². The molecule has 2 aromatic rings. The first kappa shape index (κ1) is 26.7. The number of hydrogen-bond donors (Lipinski definition) is 3. The highest BCUT2D eigenvalue weighted by Gasteiger charge is 2.28. The van der Waals surface area contributed by atoms with E-state index in [-0.39, 0.29) is 30.2 Å². The average molecular weight is 480 g/mol. The Morgan fingerprint density at radius 1 is 1.00 bits per heavy atom. The zero-order chi connectivity index (χ0) is 25.1. The van der Waals surface area contributed by atoms with Gasteiger partial charge in [-0.05, 0) is 54.0 Å². The largest absolute Gasteiger partial charge is 0.493 e. The highest BCUT2D eigenvalue weighted by atomic mass is 19.4. The summed E-state index contributed by atoms with van der Waals surface area (Å²) in [4.78, 5) is 25.2. The molecule has 0 fully saturated rings. The van der Waals surface area contributed by atoms with Crippen molar-refractivity contribution in [1.29, 1.82) is 0 Å². The summed E-state index contributed by atoms with van der Waals surface area (Å²) in [5.41, 5.74) is 0.613. The van der Waals surface area contributed by atoms with E-state index in [2.05, 4.69) is 15.4 Å². The topological polar surface area (TPSA) is 96.9 Å². The molecular weight excluding hydrogens is 453 g/mol. The SMILES string of the molecule is CC(C)COc1ccc(C(=O)NC(=Cc2ccc(OCC(F)(F)F)cc2)C(=O)NCCO)cc1. The van der Waals surface area contributed by atoms with Gasteiger partial charge in [0.1, 0.15) is 17.2 Å². The van der Waals surface area contributed by atoms with Crippen LogP contribution in [-0.2, 0) is 4.79 Å². The number of alkyl halides is 3. The van der Waals surface area contributed by atoms with Gasteiger partial charge in [-0.25, -0.2) is 0 Å². The van der Waals surface area contributed by atoms with Crippen LogP contribution in [0.3, 0.4) is 0 Å². The van der Waals surface area contributed by atoms with E-state index in [0.717, 1.165) is 0 Å². The van der Waals surface area contributed by atoms with Gasteiger partial charge in [0.25, 0.3) is 11.8 Å². The fourth-order valence-electron chi connectivity index (χ4n) is 2.58. The Labute approximate surface area is 195 Å². The third-order valence-corrected chi connectivity index (χ3v) is 4.18. The molecule has 2 aromatic carbocycles. The summed E-state index contributed by atoms with van der Waals surface area (Å²) in [7, 11) is 0. The Bertz CT molecular complexity index is 972. The summed E-state index contributed by atoms with van der Waals surface area (Å²) in [5, 5.41) is 13.9. The van der Waals surface area contributed by atoms with Gasteiger partial charge < -0.3 is 25.2 Å². The molecule has 0 bridgehead atoms. The first-order valence-electron chi connectivity index (χ1n) is 10.5. The second-order valence-electron chi connectivity index (χ2n) is 7.69. The molecule has 7 nitrogen and oxygen atoms in total. The van der Waals surface area contributed by atoms with Crippen LogP contribution in [0.4, 0.5) is 13.2 Å². The standard InChI is InChI=1S/C24H27F3N2O5/c1-16(2)14-33-19-9-5-18(6-10-19)22(31)29-21(23(32)28-11-12-30)13-17-3-7-20(8-4-17)34-15-24(25,26)27/h3-10,13,16,30H,11-12,14-15H2,1-2H3,(H,28,32)(H,29,31). The number of benzene rings is 2. The molecular formula is C24H27F3N2O5. The molecule has 0 atom stereocenters. The van der Waals surface area contributed by atoms with Crippen molar-refractivity contribution in [2.24, 2.45) is 5.92 Å². The number of halogens is 3. The van der Waals surface area contributed by atoms with E-state index in [9.17, 15) is 22.8 Å². The molecule has 0 heterocycles. The van der Waals surface area contributed by atoms with E-state index in [1.807, 2.05) is 13.8 Å². The van der Waals surface area contributed by atoms with Gasteiger partial charge in [-0.2, -0.15) is 13.2 Å². The van der Waals surface area contributed by atoms with E-state index in [4.69, 9.17) is 9.84 Å². The summed E-state index contributed by atoms with van der Waals surface area (Å²) in [5.74, 6) is -0.236. The van der Waals surface area contributed by atoms with Gasteiger partial charge in [0, 0.05) is 12.1 Å². The molecule has 0 radical (unpaired) electrons. The molecule has 0 unspecified atom stereocenters. The van der Waals surface area contributed by atoms with Crippen molar-refractivity contribution in [3.63, 3.8) is 0 Å². The Hall–Kier alpha value is -3.53. The highest BCUT2D eigenvalue weighted by Crippen LogP contribution is 2.20. The zero-order valence-corrected chi connectivity index (χ0v) is 18.8. The van der Waals surface area contributed by atoms with Gasteiger partial charge in [-0.3, -0.25) is 9.59 Å². The first-order chi connectivity index (χ1) is 16.1. The number of amides is 2. The van der Waals surface area contributed by atoms with Crippen LogP contribution in [0.1, 0.15) is 29.8 Å². The fourth-order valence-corrected chi connectivity index (χ4v) is 2.58. The van der Waals surface area contributed by atoms with Crippen molar-refractivity contribution >= 4 is 17.9 Å². The molecule has 0 spiro atoms. The molecule has 3 N–H and O–H groups in total. The third-order valence-electron chi connectivity index (χ3n) is 4.18. The number of aliphatic hydroxyl groups is 1. The molecule has 2 rings (SSSR count). The van der Waals surface area contributed by atoms with Crippen LogP contribution >= 0.6 is 0 Å². The molecule has 0 saturated carbocycles. The minimum absolute atomic E-state index is 0.00423. The lowest BCUT2D eigenvalue weighted by Gasteiger charge is -2.12. The number of rotatable bonds is 11. The van der Waals surface area contributed by atoms with Gasteiger partial charge >= 0.3 is 6.18 Å². The number of carbonyl (C=O) groups is 2. The molecule has 0 aliphatic rings. The molecule has 10 heteroatoms. The Kier molecular flexibility index (Phi) is 9.93. The maximum Gasteiger partial charge on any atom is 0.422 e. The number of hydrogen-bond acceptors (Lipinski definition) is 5. The van der Waals surface area contributed by atoms with Crippen LogP contribution in [0.15, 0.2) is 54.2 Å². The lowest BCUT2D eigenvalue weighted by atomic mass is 10.1. The van der Waals surface area contributed by atoms with Crippen molar-refractivity contribution < 1.29 is 37.3 Å². The maximum absolute atomic E-state index is 12.7. The predicted octanol–water partition coefficient (Wildman–Crippen LogP) is 3.54. The average Bonchev–Trinajstić information content (AvgIpc) is 2.80. The van der Waals surface area contributed by atoms with Crippen LogP contribution in [0.5, 0.6) is 11.5 Å². The molecule has 0 aromatic heterocycles. The first-order valence-corrected chi connectivity index (χ1v) is 10.5. The minimum atomic E-state index is -4.46. The summed E-state index contributed by atoms with van der Waals surface area (Å²) in [6.45, 7) is 2.81. The van der Waals surface area contributed by atoms with Crippen molar-refractivity contribution in [2.75, 3.05) is 26.4 Å². The molecule has 0 saturated heterocycles. The van der Waals surface area contributed by atoms with Crippen molar-refractivity contribution in [1.82, 2.24) is 10.6 Å². The van der Waals surface area contributed by atoms with E-state index in [0.29, 0.717) is 23.8 Å². The zero-order valence-electron chi connectivity index (χ0n) is 18.8. The quantitative estimate of drug-likeness (QED) is 0.428. The van der Waals surface area contributed by atoms with Gasteiger partial charge in [-0.1, -0.05) is 26.0 Å². The highest BCUT2D eigenvalue weighted by molar-refractivity contribution is 6.05. The summed E-state index contributed by atoms with van der Waals surface area (Å²) < 4.78 is 47.1. The number of carbonyl (C=O) groups excluding carboxylic acids is 2. The number of ether oxygens (including phenoxy) is 2. The molecule has 34 heavy (non-hydrogen) atoms. The van der Waals surface area contributed by atoms with E-state index >= 15 is 0 Å². The Morgan fingerprint density at radius 3 is 2.15 bits per heavy atom. The van der Waals surface area contributed by atoms with Crippen molar-refractivity contribution in [3.8, 4) is 11.5 Å². The molecule has 0 aliphatic heterocycles. The van der Waals surface area contributed by atoms with E-state index in [1.54, 1.807) is 24.3 Å². The van der Waals surface area contributed by atoms with Gasteiger partial charge in [0.2, 0.25) is 0 Å². The van der Waals surface area contributed by atoms with Crippen LogP contribution in [0.25, 0.3) is 6.08 Å². The molecule has 0 aliphatic carbocycles. The molecule has 2 amide bonds. The second-order valence-corrected chi connectivity index (χ2v) is 7.69. The van der Waals surface area contributed by atoms with Crippen LogP contribution in [0, 0.1) is 5.92 Å². The van der Waals surface area contributed by atoms with Gasteiger partial charge in [-0.15, -0.1) is 0 Å². The lowest BCUT2D eigenvalue weighted by molar-refractivity contribution is -0.153. The summed E-state index contributed by atoms with van der Waals surface area (Å²) in [6, 6.07) is 11.9. The van der Waals surface area contributed by atoms with E-state index in [1.165, 1.54) is 30.3 Å². The smallest absolute Gasteiger partial charge is 0.422 e. The van der Waals surface area contributed by atoms with Crippen LogP contribution in [0.2, 0.25) is 0 Å². The van der Waals surface area contributed by atoms with Gasteiger partial charge in [0.05, 0.1) is 13.2 Å². The molecule has 184 valence electrons. The fraction of sp³-hybridized carbons (Fsp3) is 0.333. The van der Waals surface area contributed by atoms with Crippen molar-refractivity contribution in [2.45, 2.75) is 20.0 Å². The Balaban J connectivity index is 2.15. The van der Waals surface area contributed by atoms with Crippen molar-refractivity contribution in [3.05, 3.63) is 65.4 Å². The van der Waals surface area contributed by atoms with Crippen LogP contribution in [-0.4, -0.2) is 49.5 Å². The second kappa shape index (κ2) is 12.6. The van der Waals surface area contributed by atoms with E-state index < -0.39 is 24.6 Å².